The fourth-order valence-electron chi connectivity index (χ4n) is 2.46. The summed E-state index contributed by atoms with van der Waals surface area (Å²) in [6, 6.07) is 14.5. The molecule has 0 atom stereocenters. The van der Waals surface area contributed by atoms with Gasteiger partial charge in [-0.25, -0.2) is 13.1 Å². The van der Waals surface area contributed by atoms with Crippen LogP contribution < -0.4 is 4.72 Å². The molecule has 0 saturated heterocycles. The van der Waals surface area contributed by atoms with Crippen LogP contribution in [-0.2, 0) is 27.6 Å². The number of amides is 1. The van der Waals surface area contributed by atoms with Gasteiger partial charge in [-0.1, -0.05) is 47.2 Å². The molecule has 3 rings (SSSR count). The van der Waals surface area contributed by atoms with Gasteiger partial charge in [0.25, 0.3) is 10.0 Å². The summed E-state index contributed by atoms with van der Waals surface area (Å²) in [6.07, 6.45) is 0. The Balaban J connectivity index is 1.54. The average molecular weight is 463 g/mol. The molecule has 158 valence electrons. The number of sulfonamides is 1. The number of rotatable bonds is 8. The number of nitrogens with one attached hydrogen (secondary N) is 1. The van der Waals surface area contributed by atoms with Crippen molar-refractivity contribution in [3.8, 4) is 0 Å². The van der Waals surface area contributed by atoms with Crippen LogP contribution in [0.2, 0.25) is 0 Å². The lowest BCUT2D eigenvalue weighted by molar-refractivity contribution is -0.116. The van der Waals surface area contributed by atoms with Crippen LogP contribution in [0.4, 0.5) is 0 Å². The third kappa shape index (κ3) is 5.87. The topological polar surface area (TPSA) is 94.0 Å². The SMILES string of the molecule is Cc1ccc(SCc2nnc(SCC(=O)NS(=O)(=O)c3ccc(C)cc3)n2C)cc1. The number of benzene rings is 2. The molecule has 7 nitrogen and oxygen atoms in total. The molecule has 30 heavy (non-hydrogen) atoms. The second-order valence-electron chi connectivity index (χ2n) is 6.69. The number of nitrogens with zero attached hydrogens (tertiary/aromatic N) is 3. The van der Waals surface area contributed by atoms with Crippen LogP contribution in [0, 0.1) is 13.8 Å². The molecule has 3 aromatic rings. The molecule has 1 amide bonds. The average Bonchev–Trinajstić information content (AvgIpc) is 3.05. The van der Waals surface area contributed by atoms with Gasteiger partial charge in [-0.05, 0) is 38.1 Å². The Morgan fingerprint density at radius 2 is 1.57 bits per heavy atom. The Morgan fingerprint density at radius 3 is 2.20 bits per heavy atom. The van der Waals surface area contributed by atoms with Gasteiger partial charge in [0.15, 0.2) is 5.16 Å². The van der Waals surface area contributed by atoms with Crippen LogP contribution >= 0.6 is 23.5 Å². The van der Waals surface area contributed by atoms with Crippen LogP contribution in [-0.4, -0.2) is 34.8 Å². The van der Waals surface area contributed by atoms with Crippen LogP contribution in [0.5, 0.6) is 0 Å². The first-order valence-corrected chi connectivity index (χ1v) is 12.5. The zero-order valence-electron chi connectivity index (χ0n) is 16.8. The van der Waals surface area contributed by atoms with E-state index in [1.807, 2.05) is 25.5 Å². The van der Waals surface area contributed by atoms with Gasteiger partial charge in [-0.15, -0.1) is 22.0 Å². The third-order valence-corrected chi connectivity index (χ3v) is 7.64. The Morgan fingerprint density at radius 1 is 0.967 bits per heavy atom. The molecule has 0 radical (unpaired) electrons. The molecule has 1 N–H and O–H groups in total. The first-order valence-electron chi connectivity index (χ1n) is 9.07. The minimum Gasteiger partial charge on any atom is -0.308 e. The van der Waals surface area contributed by atoms with Gasteiger partial charge in [0, 0.05) is 11.9 Å². The Kier molecular flexibility index (Phi) is 7.22. The summed E-state index contributed by atoms with van der Waals surface area (Å²) in [4.78, 5) is 13.3. The van der Waals surface area contributed by atoms with E-state index in [0.717, 1.165) is 28.0 Å². The molecule has 0 fully saturated rings. The van der Waals surface area contributed by atoms with Gasteiger partial charge < -0.3 is 4.57 Å². The molecule has 0 aliphatic carbocycles. The van der Waals surface area contributed by atoms with Gasteiger partial charge in [0.1, 0.15) is 5.82 Å². The number of aromatic nitrogens is 3. The van der Waals surface area contributed by atoms with E-state index >= 15 is 0 Å². The smallest absolute Gasteiger partial charge is 0.264 e. The highest BCUT2D eigenvalue weighted by Gasteiger charge is 2.18. The maximum Gasteiger partial charge on any atom is 0.264 e. The molecule has 0 aliphatic rings. The highest BCUT2D eigenvalue weighted by molar-refractivity contribution is 8.00. The summed E-state index contributed by atoms with van der Waals surface area (Å²) in [5, 5.41) is 8.84. The van der Waals surface area contributed by atoms with Crippen molar-refractivity contribution in [2.75, 3.05) is 5.75 Å². The predicted molar refractivity (Wildman–Crippen MR) is 119 cm³/mol. The Labute approximate surface area is 184 Å². The van der Waals surface area contributed by atoms with Crippen LogP contribution in [0.15, 0.2) is 63.5 Å². The van der Waals surface area contributed by atoms with Crippen molar-refractivity contribution in [2.24, 2.45) is 7.05 Å². The summed E-state index contributed by atoms with van der Waals surface area (Å²) in [5.74, 6) is 0.721. The van der Waals surface area contributed by atoms with Gasteiger partial charge in [0.2, 0.25) is 5.91 Å². The van der Waals surface area contributed by atoms with Crippen LogP contribution in [0.25, 0.3) is 0 Å². The second kappa shape index (κ2) is 9.67. The first kappa shape index (κ1) is 22.4. The lowest BCUT2D eigenvalue weighted by atomic mass is 10.2. The monoisotopic (exact) mass is 462 g/mol. The van der Waals surface area contributed by atoms with E-state index in [0.29, 0.717) is 10.9 Å². The van der Waals surface area contributed by atoms with E-state index in [2.05, 4.69) is 39.2 Å². The number of carbonyl (C=O) groups is 1. The molecule has 10 heteroatoms. The number of hydrogen-bond acceptors (Lipinski definition) is 7. The summed E-state index contributed by atoms with van der Waals surface area (Å²) < 4.78 is 28.5. The van der Waals surface area contributed by atoms with Crippen molar-refractivity contribution >= 4 is 39.5 Å². The third-order valence-electron chi connectivity index (χ3n) is 4.23. The van der Waals surface area contributed by atoms with Gasteiger partial charge in [-0.2, -0.15) is 0 Å². The fraction of sp³-hybridized carbons (Fsp3) is 0.250. The summed E-state index contributed by atoms with van der Waals surface area (Å²) >= 11 is 2.79. The number of aryl methyl sites for hydroxylation is 2. The lowest BCUT2D eigenvalue weighted by Gasteiger charge is -2.07. The first-order chi connectivity index (χ1) is 14.2. The maximum atomic E-state index is 12.3. The number of thioether (sulfide) groups is 2. The molecule has 0 saturated carbocycles. The van der Waals surface area contributed by atoms with Crippen molar-refractivity contribution in [2.45, 2.75) is 34.5 Å². The standard InChI is InChI=1S/C20H22N4O3S3/c1-14-4-8-16(9-5-14)28-12-18-21-22-20(24(18)3)29-13-19(25)23-30(26,27)17-10-6-15(2)7-11-17/h4-11H,12-13H2,1-3H3,(H,23,25). The van der Waals surface area contributed by atoms with E-state index in [1.165, 1.54) is 17.7 Å². The molecule has 0 aliphatic heterocycles. The minimum atomic E-state index is -3.89. The number of hydrogen-bond donors (Lipinski definition) is 1. The highest BCUT2D eigenvalue weighted by Crippen LogP contribution is 2.24. The van der Waals surface area contributed by atoms with Gasteiger partial charge in [0.05, 0.1) is 16.4 Å². The fourth-order valence-corrected chi connectivity index (χ4v) is 5.15. The highest BCUT2D eigenvalue weighted by atomic mass is 32.2. The summed E-state index contributed by atoms with van der Waals surface area (Å²) in [7, 11) is -2.06. The summed E-state index contributed by atoms with van der Waals surface area (Å²) in [6.45, 7) is 3.91. The zero-order valence-corrected chi connectivity index (χ0v) is 19.3. The van der Waals surface area contributed by atoms with E-state index in [1.54, 1.807) is 23.9 Å². The van der Waals surface area contributed by atoms with E-state index in [9.17, 15) is 13.2 Å². The van der Waals surface area contributed by atoms with Gasteiger partial charge >= 0.3 is 0 Å². The van der Waals surface area contributed by atoms with E-state index in [4.69, 9.17) is 0 Å². The molecule has 0 spiro atoms. The quantitative estimate of drug-likeness (QED) is 0.513. The molecule has 1 heterocycles. The molecular weight excluding hydrogens is 440 g/mol. The molecule has 0 bridgehead atoms. The molecule has 1 aromatic heterocycles. The maximum absolute atomic E-state index is 12.3. The number of carbonyl (C=O) groups excluding carboxylic acids is 1. The van der Waals surface area contributed by atoms with Crippen LogP contribution in [0.3, 0.4) is 0 Å². The minimum absolute atomic E-state index is 0.0560. The zero-order chi connectivity index (χ0) is 21.7. The van der Waals surface area contributed by atoms with E-state index in [-0.39, 0.29) is 10.6 Å². The molecule has 0 unspecified atom stereocenters. The Hall–Kier alpha value is -2.30. The normalized spacial score (nSPS) is 11.4. The molecule has 2 aromatic carbocycles. The van der Waals surface area contributed by atoms with E-state index < -0.39 is 15.9 Å². The predicted octanol–water partition coefficient (Wildman–Crippen LogP) is 3.32. The van der Waals surface area contributed by atoms with Crippen molar-refractivity contribution in [3.63, 3.8) is 0 Å². The van der Waals surface area contributed by atoms with Gasteiger partial charge in [-0.3, -0.25) is 4.79 Å². The second-order valence-corrected chi connectivity index (χ2v) is 10.4. The van der Waals surface area contributed by atoms with Crippen molar-refractivity contribution in [1.29, 1.82) is 0 Å². The Bertz CT molecular complexity index is 1130. The summed E-state index contributed by atoms with van der Waals surface area (Å²) in [5.41, 5.74) is 2.15. The van der Waals surface area contributed by atoms with Crippen molar-refractivity contribution in [1.82, 2.24) is 19.5 Å². The lowest BCUT2D eigenvalue weighted by Crippen LogP contribution is -2.32. The van der Waals surface area contributed by atoms with Crippen LogP contribution in [0.1, 0.15) is 17.0 Å². The van der Waals surface area contributed by atoms with Crippen molar-refractivity contribution < 1.29 is 13.2 Å². The molecular formula is C20H22N4O3S3. The van der Waals surface area contributed by atoms with Crippen molar-refractivity contribution in [3.05, 3.63) is 65.5 Å². The largest absolute Gasteiger partial charge is 0.308 e.